The van der Waals surface area contributed by atoms with Crippen LogP contribution >= 0.6 is 23.1 Å². The molecular weight excluding hydrogens is 322 g/mol. The minimum Gasteiger partial charge on any atom is -0.464 e. The van der Waals surface area contributed by atoms with Gasteiger partial charge >= 0.3 is 0 Å². The second-order valence-corrected chi connectivity index (χ2v) is 6.86. The number of aromatic nitrogens is 2. The van der Waals surface area contributed by atoms with Gasteiger partial charge in [0.1, 0.15) is 16.4 Å². The lowest BCUT2D eigenvalue weighted by atomic mass is 10.2. The van der Waals surface area contributed by atoms with E-state index in [-0.39, 0.29) is 16.6 Å². The van der Waals surface area contributed by atoms with Crippen LogP contribution in [-0.4, -0.2) is 21.6 Å². The SMILES string of the molecule is C[C@@H](SCC(N)=O)c1nc2scc(-c3ccco3)c2c(=O)[nH]1. The molecule has 6 nitrogen and oxygen atoms in total. The van der Waals surface area contributed by atoms with Crippen LogP contribution in [0.1, 0.15) is 18.0 Å². The Bertz CT molecular complexity index is 867. The van der Waals surface area contributed by atoms with E-state index >= 15 is 0 Å². The van der Waals surface area contributed by atoms with Gasteiger partial charge in [0.05, 0.1) is 22.7 Å². The number of nitrogens with two attached hydrogens (primary N) is 1. The molecule has 0 unspecified atom stereocenters. The van der Waals surface area contributed by atoms with Crippen LogP contribution in [0.25, 0.3) is 21.5 Å². The Balaban J connectivity index is 2.00. The number of fused-ring (bicyclic) bond motifs is 1. The first-order chi connectivity index (χ1) is 10.6. The lowest BCUT2D eigenvalue weighted by molar-refractivity contribution is -0.115. The Kier molecular flexibility index (Phi) is 4.04. The predicted octanol–water partition coefficient (Wildman–Crippen LogP) is 2.52. The molecule has 0 fully saturated rings. The molecule has 0 aliphatic carbocycles. The van der Waals surface area contributed by atoms with E-state index in [1.807, 2.05) is 12.3 Å². The van der Waals surface area contributed by atoms with Crippen molar-refractivity contribution < 1.29 is 9.21 Å². The van der Waals surface area contributed by atoms with Crippen LogP contribution in [0.3, 0.4) is 0 Å². The Labute approximate surface area is 133 Å². The Morgan fingerprint density at radius 3 is 3.09 bits per heavy atom. The molecule has 22 heavy (non-hydrogen) atoms. The molecule has 114 valence electrons. The number of amides is 1. The normalized spacial score (nSPS) is 12.6. The summed E-state index contributed by atoms with van der Waals surface area (Å²) in [6.07, 6.45) is 1.57. The van der Waals surface area contributed by atoms with Crippen molar-refractivity contribution in [3.63, 3.8) is 0 Å². The maximum absolute atomic E-state index is 12.4. The van der Waals surface area contributed by atoms with Crippen LogP contribution in [-0.2, 0) is 4.79 Å². The van der Waals surface area contributed by atoms with E-state index in [0.29, 0.717) is 21.8 Å². The molecule has 0 bridgehead atoms. The molecule has 3 N–H and O–H groups in total. The van der Waals surface area contributed by atoms with Crippen LogP contribution in [0, 0.1) is 0 Å². The topological polar surface area (TPSA) is 102 Å². The largest absolute Gasteiger partial charge is 0.464 e. The summed E-state index contributed by atoms with van der Waals surface area (Å²) < 4.78 is 5.35. The molecule has 0 aliphatic rings. The van der Waals surface area contributed by atoms with Crippen molar-refractivity contribution in [3.8, 4) is 11.3 Å². The number of nitrogens with zero attached hydrogens (tertiary/aromatic N) is 1. The number of rotatable bonds is 5. The number of hydrogen-bond donors (Lipinski definition) is 2. The number of carbonyl (C=O) groups is 1. The number of hydrogen-bond acceptors (Lipinski definition) is 6. The highest BCUT2D eigenvalue weighted by Crippen LogP contribution is 2.32. The standard InChI is InChI=1S/C14H13N3O3S2/c1-7(21-6-10(15)18)12-16-13(19)11-8(5-22-14(11)17-12)9-3-2-4-20-9/h2-5,7H,6H2,1H3,(H2,15,18)(H,16,17,19)/t7-/m1/s1. The van der Waals surface area contributed by atoms with Gasteiger partial charge in [-0.1, -0.05) is 0 Å². The fourth-order valence-corrected chi connectivity index (χ4v) is 3.68. The molecule has 0 aromatic carbocycles. The van der Waals surface area contributed by atoms with Gasteiger partial charge in [0.25, 0.3) is 5.56 Å². The van der Waals surface area contributed by atoms with Gasteiger partial charge in [-0.05, 0) is 19.1 Å². The number of carbonyl (C=O) groups excluding carboxylic acids is 1. The third-order valence-electron chi connectivity index (χ3n) is 3.11. The summed E-state index contributed by atoms with van der Waals surface area (Å²) in [6.45, 7) is 1.87. The number of thiophene rings is 1. The molecule has 1 amide bonds. The number of thioether (sulfide) groups is 1. The van der Waals surface area contributed by atoms with Crippen molar-refractivity contribution in [1.29, 1.82) is 0 Å². The van der Waals surface area contributed by atoms with Crippen molar-refractivity contribution in [2.75, 3.05) is 5.75 Å². The molecule has 8 heteroatoms. The van der Waals surface area contributed by atoms with Crippen molar-refractivity contribution in [2.45, 2.75) is 12.2 Å². The minimum absolute atomic E-state index is 0.126. The average Bonchev–Trinajstić information content (AvgIpc) is 3.12. The zero-order chi connectivity index (χ0) is 15.7. The molecule has 3 rings (SSSR count). The van der Waals surface area contributed by atoms with Gasteiger partial charge in [-0.15, -0.1) is 23.1 Å². The van der Waals surface area contributed by atoms with Crippen LogP contribution in [0.15, 0.2) is 33.0 Å². The molecule has 0 aliphatic heterocycles. The van der Waals surface area contributed by atoms with Crippen molar-refractivity contribution >= 4 is 39.2 Å². The summed E-state index contributed by atoms with van der Waals surface area (Å²) in [4.78, 5) is 31.2. The van der Waals surface area contributed by atoms with Crippen molar-refractivity contribution in [1.82, 2.24) is 9.97 Å². The first kappa shape index (κ1) is 14.9. The fourth-order valence-electron chi connectivity index (χ4n) is 2.06. The zero-order valence-electron chi connectivity index (χ0n) is 11.7. The molecule has 3 aromatic rings. The third-order valence-corrected chi connectivity index (χ3v) is 5.16. The highest BCUT2D eigenvalue weighted by atomic mass is 32.2. The van der Waals surface area contributed by atoms with Crippen LogP contribution in [0.4, 0.5) is 0 Å². The summed E-state index contributed by atoms with van der Waals surface area (Å²) in [6, 6.07) is 3.58. The lowest BCUT2D eigenvalue weighted by Crippen LogP contribution is -2.16. The molecule has 0 spiro atoms. The Hall–Kier alpha value is -2.06. The highest BCUT2D eigenvalue weighted by Gasteiger charge is 2.17. The number of primary amides is 1. The van der Waals surface area contributed by atoms with Gasteiger partial charge in [0, 0.05) is 10.9 Å². The highest BCUT2D eigenvalue weighted by molar-refractivity contribution is 8.00. The van der Waals surface area contributed by atoms with Gasteiger partial charge in [0.2, 0.25) is 5.91 Å². The first-order valence-corrected chi connectivity index (χ1v) is 8.44. The number of aromatic amines is 1. The summed E-state index contributed by atoms with van der Waals surface area (Å²) in [7, 11) is 0. The molecule has 0 saturated carbocycles. The number of furan rings is 1. The Morgan fingerprint density at radius 1 is 1.59 bits per heavy atom. The van der Waals surface area contributed by atoms with Gasteiger partial charge in [-0.3, -0.25) is 9.59 Å². The third kappa shape index (κ3) is 2.79. The van der Waals surface area contributed by atoms with E-state index in [1.165, 1.54) is 23.1 Å². The molecule has 3 heterocycles. The molecular formula is C14H13N3O3S2. The second-order valence-electron chi connectivity index (χ2n) is 4.68. The molecule has 0 saturated heterocycles. The fraction of sp³-hybridized carbons (Fsp3) is 0.214. The first-order valence-electron chi connectivity index (χ1n) is 6.51. The van der Waals surface area contributed by atoms with Gasteiger partial charge in [-0.25, -0.2) is 4.98 Å². The second kappa shape index (κ2) is 5.98. The van der Waals surface area contributed by atoms with E-state index in [0.717, 1.165) is 5.56 Å². The summed E-state index contributed by atoms with van der Waals surface area (Å²) in [5.74, 6) is 0.973. The van der Waals surface area contributed by atoms with E-state index in [2.05, 4.69) is 9.97 Å². The summed E-state index contributed by atoms with van der Waals surface area (Å²) in [5.41, 5.74) is 5.67. The zero-order valence-corrected chi connectivity index (χ0v) is 13.3. The maximum atomic E-state index is 12.4. The van der Waals surface area contributed by atoms with Gasteiger partial charge in [0.15, 0.2) is 0 Å². The molecule has 0 radical (unpaired) electrons. The van der Waals surface area contributed by atoms with Crippen LogP contribution < -0.4 is 11.3 Å². The quantitative estimate of drug-likeness (QED) is 0.746. The van der Waals surface area contributed by atoms with Crippen molar-refractivity contribution in [3.05, 3.63) is 40.0 Å². The van der Waals surface area contributed by atoms with E-state index in [1.54, 1.807) is 18.4 Å². The summed E-state index contributed by atoms with van der Waals surface area (Å²) in [5, 5.41) is 2.26. The van der Waals surface area contributed by atoms with E-state index < -0.39 is 5.91 Å². The summed E-state index contributed by atoms with van der Waals surface area (Å²) >= 11 is 2.73. The van der Waals surface area contributed by atoms with E-state index in [4.69, 9.17) is 10.2 Å². The maximum Gasteiger partial charge on any atom is 0.260 e. The van der Waals surface area contributed by atoms with Crippen LogP contribution in [0.2, 0.25) is 0 Å². The van der Waals surface area contributed by atoms with Crippen molar-refractivity contribution in [2.24, 2.45) is 5.73 Å². The van der Waals surface area contributed by atoms with Gasteiger partial charge < -0.3 is 15.1 Å². The number of nitrogens with one attached hydrogen (secondary N) is 1. The number of H-pyrrole nitrogens is 1. The Morgan fingerprint density at radius 2 is 2.41 bits per heavy atom. The monoisotopic (exact) mass is 335 g/mol. The average molecular weight is 335 g/mol. The van der Waals surface area contributed by atoms with Gasteiger partial charge in [-0.2, -0.15) is 0 Å². The lowest BCUT2D eigenvalue weighted by Gasteiger charge is -2.09. The smallest absolute Gasteiger partial charge is 0.260 e. The van der Waals surface area contributed by atoms with Crippen LogP contribution in [0.5, 0.6) is 0 Å². The van der Waals surface area contributed by atoms with E-state index in [9.17, 15) is 9.59 Å². The predicted molar refractivity (Wildman–Crippen MR) is 88.0 cm³/mol. The molecule has 1 atom stereocenters. The minimum atomic E-state index is -0.392. The molecule has 3 aromatic heterocycles.